The Morgan fingerprint density at radius 2 is 1.06 bits per heavy atom. The van der Waals surface area contributed by atoms with Gasteiger partial charge in [0.05, 0.1) is 0 Å². The summed E-state index contributed by atoms with van der Waals surface area (Å²) < 4.78 is 81.3. The van der Waals surface area contributed by atoms with Gasteiger partial charge in [0.1, 0.15) is 0 Å². The van der Waals surface area contributed by atoms with Gasteiger partial charge in [-0.2, -0.15) is 0 Å². The molecule has 4 unspecified atom stereocenters. The van der Waals surface area contributed by atoms with Crippen molar-refractivity contribution in [2.75, 3.05) is 0 Å². The zero-order chi connectivity index (χ0) is 12.0. The fourth-order valence-electron chi connectivity index (χ4n) is 3.02. The van der Waals surface area contributed by atoms with E-state index in [1.165, 1.54) is 0 Å². The van der Waals surface area contributed by atoms with E-state index >= 15 is 0 Å². The number of halogens is 6. The SMILES string of the molecule is FC1=C(F)C2(F)C3(F)CC=CCC3(F)C12F. The zero-order valence-corrected chi connectivity index (χ0v) is 7.84. The predicted octanol–water partition coefficient (Wildman–Crippen LogP) is 3.35. The van der Waals surface area contributed by atoms with Crippen LogP contribution in [0, 0.1) is 0 Å². The second kappa shape index (κ2) is 2.19. The van der Waals surface area contributed by atoms with Crippen LogP contribution >= 0.6 is 0 Å². The van der Waals surface area contributed by atoms with Crippen molar-refractivity contribution >= 4 is 0 Å². The Morgan fingerprint density at radius 3 is 1.38 bits per heavy atom. The van der Waals surface area contributed by atoms with E-state index in [1.807, 2.05) is 0 Å². The third kappa shape index (κ3) is 0.527. The fourth-order valence-corrected chi connectivity index (χ4v) is 3.02. The minimum atomic E-state index is -3.80. The van der Waals surface area contributed by atoms with Crippen molar-refractivity contribution in [1.29, 1.82) is 0 Å². The molecule has 0 nitrogen and oxygen atoms in total. The number of alkyl halides is 4. The molecule has 3 aliphatic carbocycles. The van der Waals surface area contributed by atoms with E-state index < -0.39 is 47.2 Å². The molecule has 1 saturated carbocycles. The van der Waals surface area contributed by atoms with Crippen molar-refractivity contribution in [3.63, 3.8) is 0 Å². The molecule has 16 heavy (non-hydrogen) atoms. The normalized spacial score (nSPS) is 58.6. The largest absolute Gasteiger partial charge is 0.245 e. The molecule has 0 aromatic carbocycles. The van der Waals surface area contributed by atoms with Crippen LogP contribution in [0.15, 0.2) is 23.8 Å². The first-order chi connectivity index (χ1) is 7.27. The Morgan fingerprint density at radius 1 is 0.750 bits per heavy atom. The van der Waals surface area contributed by atoms with Crippen LogP contribution in [0.25, 0.3) is 0 Å². The summed E-state index contributed by atoms with van der Waals surface area (Å²) in [6, 6.07) is 0. The highest BCUT2D eigenvalue weighted by Crippen LogP contribution is 2.80. The molecular weight excluding hydrogens is 234 g/mol. The van der Waals surface area contributed by atoms with Gasteiger partial charge in [0, 0.05) is 12.8 Å². The van der Waals surface area contributed by atoms with Gasteiger partial charge in [-0.3, -0.25) is 0 Å². The molecule has 0 aromatic heterocycles. The van der Waals surface area contributed by atoms with Crippen LogP contribution in [0.3, 0.4) is 0 Å². The van der Waals surface area contributed by atoms with Gasteiger partial charge < -0.3 is 0 Å². The fraction of sp³-hybridized carbons (Fsp3) is 0.600. The molecule has 0 N–H and O–H groups in total. The maximum atomic E-state index is 14.0. The summed E-state index contributed by atoms with van der Waals surface area (Å²) in [6.45, 7) is 0. The van der Waals surface area contributed by atoms with Crippen molar-refractivity contribution in [3.8, 4) is 0 Å². The molecule has 0 saturated heterocycles. The number of allylic oxidation sites excluding steroid dienone is 4. The molecule has 6 heteroatoms. The van der Waals surface area contributed by atoms with E-state index in [0.29, 0.717) is 0 Å². The van der Waals surface area contributed by atoms with Crippen LogP contribution in [0.1, 0.15) is 12.8 Å². The van der Waals surface area contributed by atoms with E-state index in [2.05, 4.69) is 0 Å². The molecule has 0 aliphatic heterocycles. The van der Waals surface area contributed by atoms with Gasteiger partial charge in [-0.05, 0) is 0 Å². The average molecular weight is 240 g/mol. The molecule has 88 valence electrons. The molecule has 0 spiro atoms. The van der Waals surface area contributed by atoms with Gasteiger partial charge in [-0.15, -0.1) is 0 Å². The van der Waals surface area contributed by atoms with Gasteiger partial charge in [0.25, 0.3) is 0 Å². The third-order valence-electron chi connectivity index (χ3n) is 3.96. The first-order valence-corrected chi connectivity index (χ1v) is 4.74. The number of hydrogen-bond donors (Lipinski definition) is 0. The predicted molar refractivity (Wildman–Crippen MR) is 43.0 cm³/mol. The van der Waals surface area contributed by atoms with Crippen LogP contribution in [0.5, 0.6) is 0 Å². The van der Waals surface area contributed by atoms with E-state index in [1.54, 1.807) is 0 Å². The van der Waals surface area contributed by atoms with Crippen molar-refractivity contribution in [2.45, 2.75) is 35.5 Å². The molecule has 0 heterocycles. The van der Waals surface area contributed by atoms with Crippen molar-refractivity contribution < 1.29 is 26.3 Å². The van der Waals surface area contributed by atoms with E-state index in [0.717, 1.165) is 12.2 Å². The molecule has 0 aromatic rings. The molecule has 0 bridgehead atoms. The monoisotopic (exact) mass is 240 g/mol. The third-order valence-corrected chi connectivity index (χ3v) is 3.96. The van der Waals surface area contributed by atoms with Crippen molar-refractivity contribution in [1.82, 2.24) is 0 Å². The second-order valence-electron chi connectivity index (χ2n) is 4.43. The second-order valence-corrected chi connectivity index (χ2v) is 4.43. The highest BCUT2D eigenvalue weighted by Gasteiger charge is 3.01. The summed E-state index contributed by atoms with van der Waals surface area (Å²) in [5.41, 5.74) is -14.3. The summed E-state index contributed by atoms with van der Waals surface area (Å²) in [5.74, 6) is -4.30. The lowest BCUT2D eigenvalue weighted by Crippen LogP contribution is -2.93. The van der Waals surface area contributed by atoms with Gasteiger partial charge >= 0.3 is 0 Å². The summed E-state index contributed by atoms with van der Waals surface area (Å²) in [6.07, 6.45) is 0.600. The van der Waals surface area contributed by atoms with Crippen LogP contribution in [0.4, 0.5) is 26.3 Å². The number of hydrogen-bond acceptors (Lipinski definition) is 0. The summed E-state index contributed by atoms with van der Waals surface area (Å²) >= 11 is 0. The number of fused-ring (bicyclic) bond motifs is 4. The Hall–Kier alpha value is -0.940. The molecule has 3 rings (SSSR count). The summed E-state index contributed by atoms with van der Waals surface area (Å²) in [5, 5.41) is 0. The highest BCUT2D eigenvalue weighted by molar-refractivity contribution is 5.62. The van der Waals surface area contributed by atoms with Gasteiger partial charge in [-0.1, -0.05) is 12.2 Å². The first kappa shape index (κ1) is 10.2. The van der Waals surface area contributed by atoms with Crippen LogP contribution in [0.2, 0.25) is 0 Å². The Bertz CT molecular complexity index is 416. The maximum Gasteiger partial charge on any atom is 0.245 e. The van der Waals surface area contributed by atoms with Gasteiger partial charge in [0.2, 0.25) is 11.3 Å². The molecule has 3 aliphatic rings. The van der Waals surface area contributed by atoms with Crippen LogP contribution in [-0.4, -0.2) is 22.7 Å². The maximum absolute atomic E-state index is 14.0. The number of rotatable bonds is 0. The topological polar surface area (TPSA) is 0 Å². The lowest BCUT2D eigenvalue weighted by atomic mass is 9.39. The highest BCUT2D eigenvalue weighted by atomic mass is 19.2. The van der Waals surface area contributed by atoms with Crippen LogP contribution in [-0.2, 0) is 0 Å². The van der Waals surface area contributed by atoms with E-state index in [4.69, 9.17) is 0 Å². The molecule has 0 radical (unpaired) electrons. The van der Waals surface area contributed by atoms with Gasteiger partial charge in [0.15, 0.2) is 23.0 Å². The van der Waals surface area contributed by atoms with Gasteiger partial charge in [-0.25, -0.2) is 26.3 Å². The summed E-state index contributed by atoms with van der Waals surface area (Å²) in [7, 11) is 0. The lowest BCUT2D eigenvalue weighted by molar-refractivity contribution is -0.351. The standard InChI is InChI=1S/C10H6F6/c11-5-6(12)10(16)8(14)4-2-1-3-7(8,13)9(5,10)15/h1-2H,3-4H2. The quantitative estimate of drug-likeness (QED) is 0.450. The van der Waals surface area contributed by atoms with E-state index in [9.17, 15) is 26.3 Å². The Kier molecular flexibility index (Phi) is 1.40. The van der Waals surface area contributed by atoms with Crippen LogP contribution < -0.4 is 0 Å². The average Bonchev–Trinajstić information content (AvgIpc) is 2.28. The molecule has 0 amide bonds. The molecular formula is C10H6F6. The first-order valence-electron chi connectivity index (χ1n) is 4.74. The smallest absolute Gasteiger partial charge is 0.236 e. The van der Waals surface area contributed by atoms with Crippen molar-refractivity contribution in [2.24, 2.45) is 0 Å². The minimum Gasteiger partial charge on any atom is -0.236 e. The Labute approximate surface area is 86.6 Å². The minimum absolute atomic E-state index is 0.799. The summed E-state index contributed by atoms with van der Waals surface area (Å²) in [4.78, 5) is 0. The Balaban J connectivity index is 2.24. The molecule has 1 fully saturated rings. The molecule has 4 atom stereocenters. The van der Waals surface area contributed by atoms with E-state index in [-0.39, 0.29) is 0 Å². The zero-order valence-electron chi connectivity index (χ0n) is 7.84. The lowest BCUT2D eigenvalue weighted by Gasteiger charge is -2.70. The van der Waals surface area contributed by atoms with Crippen molar-refractivity contribution in [3.05, 3.63) is 23.8 Å².